The smallest absolute Gasteiger partial charge is 0.220 e. The lowest BCUT2D eigenvalue weighted by atomic mass is 10.1. The highest BCUT2D eigenvalue weighted by molar-refractivity contribution is 5.85. The molecule has 0 aliphatic carbocycles. The number of nitrogens with two attached hydrogens (primary N) is 1. The van der Waals surface area contributed by atoms with Crippen LogP contribution in [0.15, 0.2) is 0 Å². The molecule has 1 atom stereocenters. The number of amides is 1. The van der Waals surface area contributed by atoms with Gasteiger partial charge in [0.15, 0.2) is 0 Å². The van der Waals surface area contributed by atoms with Crippen LogP contribution in [0.25, 0.3) is 0 Å². The standard InChI is InChI=1S/C6H12N2O.ClH/c7-2-1-5-3-6(9)8-4-5;/h5H,1-4,7H2,(H,8,9);1H. The van der Waals surface area contributed by atoms with Gasteiger partial charge in [-0.3, -0.25) is 4.79 Å². The van der Waals surface area contributed by atoms with Crippen molar-refractivity contribution in [2.75, 3.05) is 13.1 Å². The summed E-state index contributed by atoms with van der Waals surface area (Å²) in [6.45, 7) is 1.52. The van der Waals surface area contributed by atoms with Gasteiger partial charge in [-0.1, -0.05) is 0 Å². The van der Waals surface area contributed by atoms with Crippen molar-refractivity contribution in [3.8, 4) is 0 Å². The van der Waals surface area contributed by atoms with Crippen LogP contribution in [0.2, 0.25) is 0 Å². The highest BCUT2D eigenvalue weighted by Crippen LogP contribution is 2.11. The summed E-state index contributed by atoms with van der Waals surface area (Å²) in [6.07, 6.45) is 1.65. The van der Waals surface area contributed by atoms with E-state index in [9.17, 15) is 4.79 Å². The van der Waals surface area contributed by atoms with Crippen molar-refractivity contribution in [3.05, 3.63) is 0 Å². The summed E-state index contributed by atoms with van der Waals surface area (Å²) < 4.78 is 0. The lowest BCUT2D eigenvalue weighted by Gasteiger charge is -2.01. The first kappa shape index (κ1) is 9.72. The largest absolute Gasteiger partial charge is 0.356 e. The summed E-state index contributed by atoms with van der Waals surface area (Å²) >= 11 is 0. The van der Waals surface area contributed by atoms with Gasteiger partial charge < -0.3 is 11.1 Å². The number of hydrogen-bond donors (Lipinski definition) is 2. The van der Waals surface area contributed by atoms with Crippen LogP contribution in [0.5, 0.6) is 0 Å². The molecule has 0 bridgehead atoms. The van der Waals surface area contributed by atoms with Gasteiger partial charge in [-0.25, -0.2) is 0 Å². The zero-order valence-corrected chi connectivity index (χ0v) is 6.62. The number of nitrogens with one attached hydrogen (secondary N) is 1. The molecule has 1 amide bonds. The Morgan fingerprint density at radius 1 is 1.70 bits per heavy atom. The third-order valence-electron chi connectivity index (χ3n) is 1.64. The molecule has 0 radical (unpaired) electrons. The van der Waals surface area contributed by atoms with Crippen molar-refractivity contribution in [1.29, 1.82) is 0 Å². The Hall–Kier alpha value is -0.280. The van der Waals surface area contributed by atoms with E-state index >= 15 is 0 Å². The molecule has 0 spiro atoms. The van der Waals surface area contributed by atoms with Crippen molar-refractivity contribution in [2.24, 2.45) is 11.7 Å². The molecule has 0 aromatic carbocycles. The van der Waals surface area contributed by atoms with Gasteiger partial charge in [-0.15, -0.1) is 12.4 Å². The Balaban J connectivity index is 0.000000810. The maximum atomic E-state index is 10.6. The Morgan fingerprint density at radius 3 is 2.80 bits per heavy atom. The molecule has 0 saturated carbocycles. The van der Waals surface area contributed by atoms with Crippen LogP contribution in [0.4, 0.5) is 0 Å². The monoisotopic (exact) mass is 164 g/mol. The molecule has 1 heterocycles. The van der Waals surface area contributed by atoms with Gasteiger partial charge in [0.25, 0.3) is 0 Å². The molecule has 1 rings (SSSR count). The van der Waals surface area contributed by atoms with Crippen molar-refractivity contribution in [3.63, 3.8) is 0 Å². The minimum atomic E-state index is 0. The Bertz CT molecular complexity index is 118. The van der Waals surface area contributed by atoms with E-state index in [-0.39, 0.29) is 18.3 Å². The van der Waals surface area contributed by atoms with Crippen LogP contribution >= 0.6 is 12.4 Å². The molecule has 1 aliphatic rings. The zero-order chi connectivity index (χ0) is 6.69. The highest BCUT2D eigenvalue weighted by atomic mass is 35.5. The van der Waals surface area contributed by atoms with Crippen molar-refractivity contribution in [2.45, 2.75) is 12.8 Å². The number of carbonyl (C=O) groups is 1. The molecule has 3 nitrogen and oxygen atoms in total. The van der Waals surface area contributed by atoms with Crippen LogP contribution in [0.3, 0.4) is 0 Å². The quantitative estimate of drug-likeness (QED) is 0.599. The van der Waals surface area contributed by atoms with E-state index in [1.165, 1.54) is 0 Å². The maximum Gasteiger partial charge on any atom is 0.220 e. The molecule has 60 valence electrons. The molecule has 3 N–H and O–H groups in total. The lowest BCUT2D eigenvalue weighted by molar-refractivity contribution is -0.119. The van der Waals surface area contributed by atoms with E-state index in [1.54, 1.807) is 0 Å². The van der Waals surface area contributed by atoms with E-state index in [2.05, 4.69) is 5.32 Å². The number of carbonyl (C=O) groups excluding carboxylic acids is 1. The molecule has 0 aromatic rings. The first-order valence-electron chi connectivity index (χ1n) is 3.29. The van der Waals surface area contributed by atoms with Gasteiger partial charge in [0.2, 0.25) is 5.91 Å². The molecule has 1 fully saturated rings. The fourth-order valence-electron chi connectivity index (χ4n) is 1.10. The maximum absolute atomic E-state index is 10.6. The molecule has 10 heavy (non-hydrogen) atoms. The minimum absolute atomic E-state index is 0. The summed E-state index contributed by atoms with van der Waals surface area (Å²) in [5.74, 6) is 0.677. The third kappa shape index (κ3) is 2.54. The summed E-state index contributed by atoms with van der Waals surface area (Å²) in [5.41, 5.74) is 5.31. The Morgan fingerprint density at radius 2 is 2.40 bits per heavy atom. The summed E-state index contributed by atoms with van der Waals surface area (Å²) in [6, 6.07) is 0. The third-order valence-corrected chi connectivity index (χ3v) is 1.64. The fourth-order valence-corrected chi connectivity index (χ4v) is 1.10. The van der Waals surface area contributed by atoms with Crippen LogP contribution in [0, 0.1) is 5.92 Å². The average Bonchev–Trinajstić information content (AvgIpc) is 2.17. The summed E-state index contributed by atoms with van der Waals surface area (Å²) in [5, 5.41) is 2.76. The summed E-state index contributed by atoms with van der Waals surface area (Å²) in [4.78, 5) is 10.6. The normalized spacial score (nSPS) is 23.7. The topological polar surface area (TPSA) is 55.1 Å². The molecule has 1 unspecified atom stereocenters. The first-order valence-corrected chi connectivity index (χ1v) is 3.29. The second-order valence-electron chi connectivity index (χ2n) is 2.45. The van der Waals surface area contributed by atoms with E-state index in [1.807, 2.05) is 0 Å². The SMILES string of the molecule is Cl.NCCC1CNC(=O)C1. The van der Waals surface area contributed by atoms with E-state index in [0.717, 1.165) is 13.0 Å². The summed E-state index contributed by atoms with van der Waals surface area (Å²) in [7, 11) is 0. The number of halogens is 1. The van der Waals surface area contributed by atoms with Gasteiger partial charge in [-0.2, -0.15) is 0 Å². The van der Waals surface area contributed by atoms with Crippen LogP contribution in [0.1, 0.15) is 12.8 Å². The Labute approximate surface area is 66.8 Å². The predicted octanol–water partition coefficient (Wildman–Crippen LogP) is -0.107. The molecule has 0 aromatic heterocycles. The lowest BCUT2D eigenvalue weighted by Crippen LogP contribution is -2.14. The Kier molecular flexibility index (Phi) is 4.40. The first-order chi connectivity index (χ1) is 4.33. The van der Waals surface area contributed by atoms with Gasteiger partial charge >= 0.3 is 0 Å². The van der Waals surface area contributed by atoms with Crippen molar-refractivity contribution in [1.82, 2.24) is 5.32 Å². The molecule has 4 heteroatoms. The minimum Gasteiger partial charge on any atom is -0.356 e. The van der Waals surface area contributed by atoms with Gasteiger partial charge in [0.05, 0.1) is 0 Å². The molecule has 1 saturated heterocycles. The van der Waals surface area contributed by atoms with Gasteiger partial charge in [0.1, 0.15) is 0 Å². The zero-order valence-electron chi connectivity index (χ0n) is 5.80. The molecular formula is C6H13ClN2O. The van der Waals surface area contributed by atoms with Crippen LogP contribution < -0.4 is 11.1 Å². The van der Waals surface area contributed by atoms with Crippen LogP contribution in [-0.2, 0) is 4.79 Å². The van der Waals surface area contributed by atoms with Gasteiger partial charge in [0, 0.05) is 13.0 Å². The van der Waals surface area contributed by atoms with Crippen molar-refractivity contribution >= 4 is 18.3 Å². The van der Waals surface area contributed by atoms with Crippen LogP contribution in [-0.4, -0.2) is 19.0 Å². The molecular weight excluding hydrogens is 152 g/mol. The van der Waals surface area contributed by atoms with Gasteiger partial charge in [-0.05, 0) is 18.9 Å². The second-order valence-corrected chi connectivity index (χ2v) is 2.45. The van der Waals surface area contributed by atoms with E-state index in [4.69, 9.17) is 5.73 Å². The van der Waals surface area contributed by atoms with E-state index < -0.39 is 0 Å². The number of hydrogen-bond acceptors (Lipinski definition) is 2. The fraction of sp³-hybridized carbons (Fsp3) is 0.833. The second kappa shape index (κ2) is 4.52. The number of rotatable bonds is 2. The van der Waals surface area contributed by atoms with E-state index in [0.29, 0.717) is 18.9 Å². The predicted molar refractivity (Wildman–Crippen MR) is 42.0 cm³/mol. The average molecular weight is 165 g/mol. The van der Waals surface area contributed by atoms with Crippen molar-refractivity contribution < 1.29 is 4.79 Å². The molecule has 1 aliphatic heterocycles. The highest BCUT2D eigenvalue weighted by Gasteiger charge is 2.19.